The summed E-state index contributed by atoms with van der Waals surface area (Å²) in [6.07, 6.45) is 4.47. The predicted octanol–water partition coefficient (Wildman–Crippen LogP) is 0.346. The molecule has 126 valence electrons. The summed E-state index contributed by atoms with van der Waals surface area (Å²) in [5.74, 6) is -0.235. The summed E-state index contributed by atoms with van der Waals surface area (Å²) in [5, 5.41) is 10.5. The zero-order valence-corrected chi connectivity index (χ0v) is 13.3. The van der Waals surface area contributed by atoms with Crippen molar-refractivity contribution in [1.29, 1.82) is 0 Å². The van der Waals surface area contributed by atoms with E-state index in [4.69, 9.17) is 0 Å². The SMILES string of the molecule is O=C(c1ccc2n[nH]nc2c1)N1CCN(C(=O)c2cnccn2)CC1. The third-order valence-electron chi connectivity index (χ3n) is 4.20. The van der Waals surface area contributed by atoms with Crippen LogP contribution in [0.2, 0.25) is 0 Å². The lowest BCUT2D eigenvalue weighted by Crippen LogP contribution is -2.50. The number of carbonyl (C=O) groups excluding carboxylic acids is 2. The topological polar surface area (TPSA) is 108 Å². The van der Waals surface area contributed by atoms with Crippen molar-refractivity contribution in [2.45, 2.75) is 0 Å². The Morgan fingerprint density at radius 1 is 0.920 bits per heavy atom. The van der Waals surface area contributed by atoms with E-state index in [1.54, 1.807) is 28.0 Å². The summed E-state index contributed by atoms with van der Waals surface area (Å²) in [5.41, 5.74) is 2.26. The number of carbonyl (C=O) groups is 2. The van der Waals surface area contributed by atoms with Gasteiger partial charge in [-0.25, -0.2) is 4.98 Å². The summed E-state index contributed by atoms with van der Waals surface area (Å²) >= 11 is 0. The van der Waals surface area contributed by atoms with Crippen LogP contribution >= 0.6 is 0 Å². The average molecular weight is 337 g/mol. The molecule has 2 aromatic heterocycles. The average Bonchev–Trinajstić information content (AvgIpc) is 3.15. The maximum atomic E-state index is 12.7. The van der Waals surface area contributed by atoms with Gasteiger partial charge in [-0.05, 0) is 18.2 Å². The van der Waals surface area contributed by atoms with Crippen molar-refractivity contribution in [1.82, 2.24) is 35.2 Å². The first-order valence-electron chi connectivity index (χ1n) is 7.87. The van der Waals surface area contributed by atoms with Crippen molar-refractivity contribution in [2.75, 3.05) is 26.2 Å². The van der Waals surface area contributed by atoms with Gasteiger partial charge in [-0.15, -0.1) is 0 Å². The molecule has 1 aliphatic heterocycles. The van der Waals surface area contributed by atoms with Gasteiger partial charge in [0.1, 0.15) is 16.7 Å². The molecule has 0 bridgehead atoms. The Morgan fingerprint density at radius 3 is 2.36 bits per heavy atom. The molecule has 2 amide bonds. The van der Waals surface area contributed by atoms with Gasteiger partial charge < -0.3 is 9.80 Å². The number of amides is 2. The number of benzene rings is 1. The van der Waals surface area contributed by atoms with E-state index in [1.807, 2.05) is 0 Å². The van der Waals surface area contributed by atoms with Gasteiger partial charge in [-0.2, -0.15) is 15.4 Å². The monoisotopic (exact) mass is 337 g/mol. The second-order valence-corrected chi connectivity index (χ2v) is 5.70. The lowest BCUT2D eigenvalue weighted by atomic mass is 10.1. The molecule has 1 aromatic carbocycles. The molecule has 3 heterocycles. The van der Waals surface area contributed by atoms with E-state index in [0.29, 0.717) is 43.0 Å². The fraction of sp³-hybridized carbons (Fsp3) is 0.250. The molecule has 1 N–H and O–H groups in total. The molecule has 9 nitrogen and oxygen atoms in total. The van der Waals surface area contributed by atoms with Crippen molar-refractivity contribution in [3.63, 3.8) is 0 Å². The van der Waals surface area contributed by atoms with Gasteiger partial charge in [0.2, 0.25) is 0 Å². The number of piperazine rings is 1. The Bertz CT molecular complexity index is 916. The molecule has 25 heavy (non-hydrogen) atoms. The minimum atomic E-state index is -0.163. The number of hydrogen-bond donors (Lipinski definition) is 1. The number of hydrogen-bond acceptors (Lipinski definition) is 6. The van der Waals surface area contributed by atoms with Crippen LogP contribution in [-0.4, -0.2) is 73.2 Å². The highest BCUT2D eigenvalue weighted by Crippen LogP contribution is 2.14. The van der Waals surface area contributed by atoms with E-state index >= 15 is 0 Å². The van der Waals surface area contributed by atoms with Gasteiger partial charge in [0.25, 0.3) is 11.8 Å². The lowest BCUT2D eigenvalue weighted by Gasteiger charge is -2.34. The van der Waals surface area contributed by atoms with Crippen molar-refractivity contribution < 1.29 is 9.59 Å². The predicted molar refractivity (Wildman–Crippen MR) is 87.7 cm³/mol. The normalized spacial score (nSPS) is 14.7. The third-order valence-corrected chi connectivity index (χ3v) is 4.20. The first-order valence-corrected chi connectivity index (χ1v) is 7.87. The Balaban J connectivity index is 1.42. The molecule has 0 saturated carbocycles. The maximum Gasteiger partial charge on any atom is 0.274 e. The van der Waals surface area contributed by atoms with Gasteiger partial charge in [-0.3, -0.25) is 14.6 Å². The quantitative estimate of drug-likeness (QED) is 0.723. The largest absolute Gasteiger partial charge is 0.335 e. The highest BCUT2D eigenvalue weighted by Gasteiger charge is 2.26. The molecular weight excluding hydrogens is 322 g/mol. The molecule has 9 heteroatoms. The van der Waals surface area contributed by atoms with Crippen molar-refractivity contribution >= 4 is 22.8 Å². The van der Waals surface area contributed by atoms with Crippen LogP contribution in [0.15, 0.2) is 36.8 Å². The van der Waals surface area contributed by atoms with Gasteiger partial charge in [0.05, 0.1) is 6.20 Å². The summed E-state index contributed by atoms with van der Waals surface area (Å²) < 4.78 is 0. The van der Waals surface area contributed by atoms with Crippen molar-refractivity contribution in [3.8, 4) is 0 Å². The van der Waals surface area contributed by atoms with E-state index in [2.05, 4.69) is 25.4 Å². The van der Waals surface area contributed by atoms with Crippen LogP contribution in [0.25, 0.3) is 11.0 Å². The zero-order valence-electron chi connectivity index (χ0n) is 13.3. The van der Waals surface area contributed by atoms with E-state index in [1.165, 1.54) is 18.6 Å². The van der Waals surface area contributed by atoms with Crippen LogP contribution in [0.5, 0.6) is 0 Å². The molecule has 0 atom stereocenters. The Morgan fingerprint density at radius 2 is 1.64 bits per heavy atom. The Kier molecular flexibility index (Phi) is 3.81. The summed E-state index contributed by atoms with van der Waals surface area (Å²) in [7, 11) is 0. The molecule has 0 radical (unpaired) electrons. The summed E-state index contributed by atoms with van der Waals surface area (Å²) in [6, 6.07) is 5.22. The van der Waals surface area contributed by atoms with Crippen LogP contribution in [0.3, 0.4) is 0 Å². The number of H-pyrrole nitrogens is 1. The van der Waals surface area contributed by atoms with Gasteiger partial charge in [0, 0.05) is 44.1 Å². The fourth-order valence-electron chi connectivity index (χ4n) is 2.84. The molecule has 1 saturated heterocycles. The minimum absolute atomic E-state index is 0.0727. The van der Waals surface area contributed by atoms with Gasteiger partial charge in [-0.1, -0.05) is 0 Å². The molecule has 4 rings (SSSR count). The zero-order chi connectivity index (χ0) is 17.2. The number of fused-ring (bicyclic) bond motifs is 1. The smallest absolute Gasteiger partial charge is 0.274 e. The third kappa shape index (κ3) is 2.91. The molecule has 0 aliphatic carbocycles. The second-order valence-electron chi connectivity index (χ2n) is 5.70. The van der Waals surface area contributed by atoms with Crippen LogP contribution in [0, 0.1) is 0 Å². The molecule has 0 spiro atoms. The number of rotatable bonds is 2. The standard InChI is InChI=1S/C16H15N7O2/c24-15(11-1-2-12-13(9-11)20-21-19-12)22-5-7-23(8-6-22)16(25)14-10-17-3-4-18-14/h1-4,9-10H,5-8H2,(H,19,20,21). The van der Waals surface area contributed by atoms with E-state index in [9.17, 15) is 9.59 Å². The second kappa shape index (κ2) is 6.27. The van der Waals surface area contributed by atoms with Crippen LogP contribution in [0.1, 0.15) is 20.8 Å². The number of nitrogens with one attached hydrogen (secondary N) is 1. The molecule has 1 aliphatic rings. The van der Waals surface area contributed by atoms with Crippen molar-refractivity contribution in [2.24, 2.45) is 0 Å². The van der Waals surface area contributed by atoms with Gasteiger partial charge in [0.15, 0.2) is 0 Å². The molecular formula is C16H15N7O2. The highest BCUT2D eigenvalue weighted by molar-refractivity contribution is 5.97. The molecule has 1 fully saturated rings. The fourth-order valence-corrected chi connectivity index (χ4v) is 2.84. The Hall–Kier alpha value is -3.36. The van der Waals surface area contributed by atoms with Gasteiger partial charge >= 0.3 is 0 Å². The maximum absolute atomic E-state index is 12.7. The molecule has 0 unspecified atom stereocenters. The van der Waals surface area contributed by atoms with Crippen LogP contribution in [-0.2, 0) is 0 Å². The first-order chi connectivity index (χ1) is 12.2. The van der Waals surface area contributed by atoms with E-state index in [-0.39, 0.29) is 11.8 Å². The Labute approximate surface area is 142 Å². The number of aromatic amines is 1. The number of nitrogens with zero attached hydrogens (tertiary/aromatic N) is 6. The number of aromatic nitrogens is 5. The highest BCUT2D eigenvalue weighted by atomic mass is 16.2. The van der Waals surface area contributed by atoms with E-state index in [0.717, 1.165) is 5.52 Å². The lowest BCUT2D eigenvalue weighted by molar-refractivity contribution is 0.0532. The van der Waals surface area contributed by atoms with Crippen molar-refractivity contribution in [3.05, 3.63) is 48.0 Å². The summed E-state index contributed by atoms with van der Waals surface area (Å²) in [6.45, 7) is 1.88. The summed E-state index contributed by atoms with van der Waals surface area (Å²) in [4.78, 5) is 36.4. The first kappa shape index (κ1) is 15.2. The van der Waals surface area contributed by atoms with Crippen LogP contribution < -0.4 is 0 Å². The van der Waals surface area contributed by atoms with Crippen LogP contribution in [0.4, 0.5) is 0 Å². The van der Waals surface area contributed by atoms with E-state index < -0.39 is 0 Å². The molecule has 3 aromatic rings. The minimum Gasteiger partial charge on any atom is -0.335 e.